The summed E-state index contributed by atoms with van der Waals surface area (Å²) < 4.78 is 2.27. The maximum Gasteiger partial charge on any atom is 0.214 e. The van der Waals surface area contributed by atoms with Crippen LogP contribution in [0.4, 0.5) is 17.2 Å². The van der Waals surface area contributed by atoms with E-state index in [-0.39, 0.29) is 0 Å². The summed E-state index contributed by atoms with van der Waals surface area (Å²) in [5, 5.41) is 0. The molecule has 36 heavy (non-hydrogen) atoms. The van der Waals surface area contributed by atoms with Crippen LogP contribution >= 0.6 is 0 Å². The number of pyridine rings is 1. The summed E-state index contributed by atoms with van der Waals surface area (Å²) in [7, 11) is 1.97. The van der Waals surface area contributed by atoms with Crippen molar-refractivity contribution in [1.29, 1.82) is 0 Å². The smallest absolute Gasteiger partial charge is 0.214 e. The number of nitrogens with zero attached hydrogens (tertiary/aromatic N) is 5. The molecular formula is C30H29N5O. The van der Waals surface area contributed by atoms with E-state index in [9.17, 15) is 4.79 Å². The van der Waals surface area contributed by atoms with Gasteiger partial charge in [-0.25, -0.2) is 9.97 Å². The van der Waals surface area contributed by atoms with Crippen molar-refractivity contribution in [2.75, 3.05) is 23.4 Å². The topological polar surface area (TPSA) is 54.3 Å². The lowest BCUT2D eigenvalue weighted by atomic mass is 10.0. The zero-order valence-electron chi connectivity index (χ0n) is 20.8. The van der Waals surface area contributed by atoms with Crippen LogP contribution in [0.15, 0.2) is 91.1 Å². The Balaban J connectivity index is 1.48. The maximum atomic E-state index is 11.6. The average molecular weight is 476 g/mol. The van der Waals surface area contributed by atoms with Crippen LogP contribution in [-0.4, -0.2) is 34.5 Å². The van der Waals surface area contributed by atoms with Gasteiger partial charge in [0.25, 0.3) is 0 Å². The first-order valence-electron chi connectivity index (χ1n) is 12.1. The number of para-hydroxylation sites is 1. The van der Waals surface area contributed by atoms with Crippen molar-refractivity contribution < 1.29 is 4.79 Å². The quantitative estimate of drug-likeness (QED) is 0.251. The van der Waals surface area contributed by atoms with Crippen molar-refractivity contribution in [3.63, 3.8) is 0 Å². The lowest BCUT2D eigenvalue weighted by molar-refractivity contribution is -0.107. The fourth-order valence-electron chi connectivity index (χ4n) is 4.62. The third-order valence-electron chi connectivity index (χ3n) is 6.58. The number of amides is 1. The minimum absolute atomic E-state index is 0.579. The van der Waals surface area contributed by atoms with Crippen LogP contribution in [0, 0.1) is 6.92 Å². The highest BCUT2D eigenvalue weighted by atomic mass is 16.1. The number of hydrogen-bond donors (Lipinski definition) is 0. The molecule has 0 spiro atoms. The Morgan fingerprint density at radius 3 is 2.42 bits per heavy atom. The second-order valence-corrected chi connectivity index (χ2v) is 8.75. The molecule has 0 bridgehead atoms. The fourth-order valence-corrected chi connectivity index (χ4v) is 4.62. The van der Waals surface area contributed by atoms with Gasteiger partial charge >= 0.3 is 0 Å². The molecule has 180 valence electrons. The number of fused-ring (bicyclic) bond motifs is 1. The maximum absolute atomic E-state index is 11.6. The van der Waals surface area contributed by atoms with Gasteiger partial charge in [-0.05, 0) is 55.3 Å². The highest BCUT2D eigenvalue weighted by Crippen LogP contribution is 2.34. The van der Waals surface area contributed by atoms with Gasteiger partial charge in [0.2, 0.25) is 6.41 Å². The summed E-state index contributed by atoms with van der Waals surface area (Å²) >= 11 is 0. The second-order valence-electron chi connectivity index (χ2n) is 8.75. The van der Waals surface area contributed by atoms with Gasteiger partial charge in [0.15, 0.2) is 5.82 Å². The standard InChI is InChI=1S/C30H29N5O/c1-4-34(21-36)28-14-9-19-31-30(28)33(3)25-17-15-24(16-18-25)26-12-8-13-27-29(26)32-22(2)35(27)20-23-10-6-5-7-11-23/h5-19,21H,4,20H2,1-3H3. The summed E-state index contributed by atoms with van der Waals surface area (Å²) in [6.45, 7) is 5.38. The molecule has 0 fully saturated rings. The second kappa shape index (κ2) is 10.0. The number of aromatic nitrogens is 3. The molecule has 0 unspecified atom stereocenters. The minimum atomic E-state index is 0.579. The lowest BCUT2D eigenvalue weighted by Crippen LogP contribution is -2.23. The Morgan fingerprint density at radius 2 is 1.69 bits per heavy atom. The summed E-state index contributed by atoms with van der Waals surface area (Å²) in [4.78, 5) is 24.7. The number of carbonyl (C=O) groups is 1. The van der Waals surface area contributed by atoms with Crippen LogP contribution in [0.1, 0.15) is 18.3 Å². The average Bonchev–Trinajstić information content (AvgIpc) is 3.25. The van der Waals surface area contributed by atoms with E-state index >= 15 is 0 Å². The molecular weight excluding hydrogens is 446 g/mol. The van der Waals surface area contributed by atoms with Crippen molar-refractivity contribution in [2.24, 2.45) is 0 Å². The summed E-state index contributed by atoms with van der Waals surface area (Å²) in [5.41, 5.74) is 7.36. The molecule has 5 rings (SSSR count). The van der Waals surface area contributed by atoms with Crippen molar-refractivity contribution in [3.05, 3.63) is 103 Å². The molecule has 3 aromatic carbocycles. The first-order valence-corrected chi connectivity index (χ1v) is 12.1. The van der Waals surface area contributed by atoms with Crippen molar-refractivity contribution in [3.8, 4) is 11.1 Å². The summed E-state index contributed by atoms with van der Waals surface area (Å²) in [5.74, 6) is 1.73. The van der Waals surface area contributed by atoms with Gasteiger partial charge < -0.3 is 14.4 Å². The third kappa shape index (κ3) is 4.33. The van der Waals surface area contributed by atoms with Crippen LogP contribution in [0.5, 0.6) is 0 Å². The normalized spacial score (nSPS) is 11.0. The summed E-state index contributed by atoms with van der Waals surface area (Å²) in [6.07, 6.45) is 2.59. The van der Waals surface area contributed by atoms with E-state index in [4.69, 9.17) is 4.98 Å². The zero-order chi connectivity index (χ0) is 25.1. The Morgan fingerprint density at radius 1 is 0.917 bits per heavy atom. The van der Waals surface area contributed by atoms with E-state index in [0.29, 0.717) is 6.54 Å². The molecule has 6 heteroatoms. The molecule has 0 aliphatic heterocycles. The predicted molar refractivity (Wildman–Crippen MR) is 147 cm³/mol. The lowest BCUT2D eigenvalue weighted by Gasteiger charge is -2.25. The molecule has 5 aromatic rings. The third-order valence-corrected chi connectivity index (χ3v) is 6.58. The number of benzene rings is 3. The fraction of sp³-hybridized carbons (Fsp3) is 0.167. The first-order chi connectivity index (χ1) is 17.6. The Labute approximate surface area is 211 Å². The first kappa shape index (κ1) is 23.3. The van der Waals surface area contributed by atoms with Crippen molar-refractivity contribution in [2.45, 2.75) is 20.4 Å². The van der Waals surface area contributed by atoms with E-state index < -0.39 is 0 Å². The van der Waals surface area contributed by atoms with Crippen LogP contribution in [-0.2, 0) is 11.3 Å². The number of anilines is 3. The molecule has 6 nitrogen and oxygen atoms in total. The highest BCUT2D eigenvalue weighted by Gasteiger charge is 2.16. The van der Waals surface area contributed by atoms with Crippen LogP contribution in [0.25, 0.3) is 22.2 Å². The van der Waals surface area contributed by atoms with Crippen LogP contribution in [0.3, 0.4) is 0 Å². The molecule has 0 aliphatic carbocycles. The number of aryl methyl sites for hydroxylation is 1. The van der Waals surface area contributed by atoms with E-state index in [0.717, 1.165) is 58.1 Å². The molecule has 2 aromatic heterocycles. The van der Waals surface area contributed by atoms with E-state index in [2.05, 4.69) is 83.2 Å². The number of imidazole rings is 1. The Hall–Kier alpha value is -4.45. The number of carbonyl (C=O) groups excluding carboxylic acids is 1. The molecule has 0 N–H and O–H groups in total. The minimum Gasteiger partial charge on any atom is -0.328 e. The molecule has 2 heterocycles. The molecule has 0 atom stereocenters. The highest BCUT2D eigenvalue weighted by molar-refractivity contribution is 5.93. The van der Waals surface area contributed by atoms with E-state index in [1.807, 2.05) is 37.1 Å². The van der Waals surface area contributed by atoms with Crippen molar-refractivity contribution in [1.82, 2.24) is 14.5 Å². The zero-order valence-corrected chi connectivity index (χ0v) is 20.8. The van der Waals surface area contributed by atoms with Crippen LogP contribution in [0.2, 0.25) is 0 Å². The largest absolute Gasteiger partial charge is 0.328 e. The van der Waals surface area contributed by atoms with Gasteiger partial charge in [-0.1, -0.05) is 54.6 Å². The molecule has 1 amide bonds. The van der Waals surface area contributed by atoms with Gasteiger partial charge in [-0.15, -0.1) is 0 Å². The van der Waals surface area contributed by atoms with Crippen LogP contribution < -0.4 is 9.80 Å². The SMILES string of the molecule is CCN(C=O)c1cccnc1N(C)c1ccc(-c2cccc3c2nc(C)n3Cc2ccccc2)cc1. The van der Waals surface area contributed by atoms with Crippen molar-refractivity contribution >= 4 is 34.6 Å². The Bertz CT molecular complexity index is 1490. The van der Waals surface area contributed by atoms with E-state index in [1.54, 1.807) is 11.1 Å². The Kier molecular flexibility index (Phi) is 6.50. The van der Waals surface area contributed by atoms with Gasteiger partial charge in [-0.2, -0.15) is 0 Å². The van der Waals surface area contributed by atoms with Gasteiger partial charge in [-0.3, -0.25) is 4.79 Å². The van der Waals surface area contributed by atoms with E-state index in [1.165, 1.54) is 5.56 Å². The predicted octanol–water partition coefficient (Wildman–Crippen LogP) is 6.21. The summed E-state index contributed by atoms with van der Waals surface area (Å²) in [6, 6.07) is 29.0. The van der Waals surface area contributed by atoms with Gasteiger partial charge in [0.05, 0.1) is 16.7 Å². The number of rotatable bonds is 8. The van der Waals surface area contributed by atoms with Gasteiger partial charge in [0.1, 0.15) is 5.82 Å². The molecule has 0 saturated heterocycles. The number of hydrogen-bond acceptors (Lipinski definition) is 4. The molecule has 0 radical (unpaired) electrons. The van der Waals surface area contributed by atoms with Gasteiger partial charge in [0, 0.05) is 37.6 Å². The molecule has 0 aliphatic rings. The monoisotopic (exact) mass is 475 g/mol. The molecule has 0 saturated carbocycles.